The third-order valence-electron chi connectivity index (χ3n) is 4.18. The number of nitrogens with zero attached hydrogens (tertiary/aromatic N) is 1. The summed E-state index contributed by atoms with van der Waals surface area (Å²) in [4.78, 5) is 12.2. The Bertz CT molecular complexity index is 450. The van der Waals surface area contributed by atoms with Crippen LogP contribution in [0.1, 0.15) is 44.6 Å². The van der Waals surface area contributed by atoms with Crippen LogP contribution in [0.2, 0.25) is 0 Å². The average Bonchev–Trinajstić information content (AvgIpc) is 2.80. The highest BCUT2D eigenvalue weighted by atomic mass is 16.5. The van der Waals surface area contributed by atoms with E-state index in [-0.39, 0.29) is 5.91 Å². The smallest absolute Gasteiger partial charge is 0.224 e. The van der Waals surface area contributed by atoms with Gasteiger partial charge in [0, 0.05) is 6.42 Å². The van der Waals surface area contributed by atoms with E-state index in [1.165, 1.54) is 12.8 Å². The third-order valence-corrected chi connectivity index (χ3v) is 4.18. The molecule has 0 aliphatic carbocycles. The zero-order chi connectivity index (χ0) is 14.5. The predicted octanol–water partition coefficient (Wildman–Crippen LogP) is 2.51. The van der Waals surface area contributed by atoms with E-state index in [1.807, 2.05) is 13.8 Å². The lowest BCUT2D eigenvalue weighted by molar-refractivity contribution is -0.117. The van der Waals surface area contributed by atoms with Gasteiger partial charge < -0.3 is 15.2 Å². The zero-order valence-corrected chi connectivity index (χ0v) is 12.7. The predicted molar refractivity (Wildman–Crippen MR) is 78.6 cm³/mol. The number of carbonyl (C=O) groups excluding carboxylic acids is 1. The number of rotatable bonds is 5. The Morgan fingerprint density at radius 2 is 2.40 bits per heavy atom. The van der Waals surface area contributed by atoms with E-state index in [4.69, 9.17) is 4.52 Å². The van der Waals surface area contributed by atoms with Crippen LogP contribution in [-0.4, -0.2) is 24.2 Å². The summed E-state index contributed by atoms with van der Waals surface area (Å²) >= 11 is 0. The molecule has 5 nitrogen and oxygen atoms in total. The monoisotopic (exact) mass is 279 g/mol. The molecule has 1 aromatic heterocycles. The van der Waals surface area contributed by atoms with Gasteiger partial charge in [-0.3, -0.25) is 4.79 Å². The largest absolute Gasteiger partial charge is 0.359 e. The first kappa shape index (κ1) is 15.0. The highest BCUT2D eigenvalue weighted by Crippen LogP contribution is 2.25. The number of anilines is 1. The fraction of sp³-hybridized carbons (Fsp3) is 0.733. The summed E-state index contributed by atoms with van der Waals surface area (Å²) < 4.78 is 5.13. The van der Waals surface area contributed by atoms with Crippen LogP contribution in [0.5, 0.6) is 0 Å². The molecule has 0 unspecified atom stereocenters. The topological polar surface area (TPSA) is 67.2 Å². The maximum atomic E-state index is 12.2. The molecular formula is C15H25N3O2. The molecule has 1 aliphatic heterocycles. The molecule has 0 bridgehead atoms. The van der Waals surface area contributed by atoms with Gasteiger partial charge in [0.15, 0.2) is 5.76 Å². The van der Waals surface area contributed by atoms with E-state index < -0.39 is 0 Å². The highest BCUT2D eigenvalue weighted by Gasteiger charge is 2.23. The summed E-state index contributed by atoms with van der Waals surface area (Å²) in [7, 11) is 0. The van der Waals surface area contributed by atoms with Crippen molar-refractivity contribution in [1.29, 1.82) is 0 Å². The standard InChI is InChI=1S/C15H25N3O2/c1-4-13-15(11(3)20-18-13)17-14(19)8-10(2)12-6-5-7-16-9-12/h10,12,16H,4-9H2,1-3H3,(H,17,19)/t10-,12+/m0/s1. The molecule has 0 aromatic carbocycles. The van der Waals surface area contributed by atoms with Crippen molar-refractivity contribution in [2.45, 2.75) is 46.5 Å². The molecule has 112 valence electrons. The summed E-state index contributed by atoms with van der Waals surface area (Å²) in [5.74, 6) is 1.74. The van der Waals surface area contributed by atoms with Crippen molar-refractivity contribution in [2.75, 3.05) is 18.4 Å². The van der Waals surface area contributed by atoms with Crippen LogP contribution in [-0.2, 0) is 11.2 Å². The normalized spacial score (nSPS) is 20.6. The second-order valence-corrected chi connectivity index (χ2v) is 5.75. The van der Waals surface area contributed by atoms with Gasteiger partial charge in [-0.2, -0.15) is 0 Å². The molecule has 0 radical (unpaired) electrons. The van der Waals surface area contributed by atoms with Crippen molar-refractivity contribution in [2.24, 2.45) is 11.8 Å². The minimum absolute atomic E-state index is 0.0593. The van der Waals surface area contributed by atoms with Crippen LogP contribution >= 0.6 is 0 Å². The first-order valence-corrected chi connectivity index (χ1v) is 7.57. The second-order valence-electron chi connectivity index (χ2n) is 5.75. The van der Waals surface area contributed by atoms with Crippen molar-refractivity contribution in [3.8, 4) is 0 Å². The summed E-state index contributed by atoms with van der Waals surface area (Å²) in [6.07, 6.45) is 3.74. The highest BCUT2D eigenvalue weighted by molar-refractivity contribution is 5.91. The molecule has 2 atom stereocenters. The molecule has 1 aliphatic rings. The van der Waals surface area contributed by atoms with Crippen molar-refractivity contribution in [3.63, 3.8) is 0 Å². The Kier molecular flexibility index (Phi) is 5.17. The van der Waals surface area contributed by atoms with Gasteiger partial charge in [0.25, 0.3) is 0 Å². The summed E-state index contributed by atoms with van der Waals surface area (Å²) in [6, 6.07) is 0. The molecular weight excluding hydrogens is 254 g/mol. The SMILES string of the molecule is CCc1noc(C)c1NC(=O)C[C@H](C)[C@@H]1CCCNC1. The molecule has 0 spiro atoms. The molecule has 20 heavy (non-hydrogen) atoms. The van der Waals surface area contributed by atoms with E-state index in [2.05, 4.69) is 22.7 Å². The molecule has 2 heterocycles. The first-order valence-electron chi connectivity index (χ1n) is 7.57. The number of aromatic nitrogens is 1. The third kappa shape index (κ3) is 3.60. The molecule has 1 fully saturated rings. The van der Waals surface area contributed by atoms with E-state index in [0.717, 1.165) is 30.9 Å². The molecule has 2 N–H and O–H groups in total. The van der Waals surface area contributed by atoms with Crippen molar-refractivity contribution >= 4 is 11.6 Å². The van der Waals surface area contributed by atoms with E-state index in [9.17, 15) is 4.79 Å². The van der Waals surface area contributed by atoms with Gasteiger partial charge in [0.05, 0.1) is 0 Å². The van der Waals surface area contributed by atoms with Gasteiger partial charge in [-0.15, -0.1) is 0 Å². The Hall–Kier alpha value is -1.36. The number of hydrogen-bond acceptors (Lipinski definition) is 4. The Balaban J connectivity index is 1.89. The fourth-order valence-electron chi connectivity index (χ4n) is 2.83. The van der Waals surface area contributed by atoms with Gasteiger partial charge >= 0.3 is 0 Å². The number of carbonyl (C=O) groups is 1. The quantitative estimate of drug-likeness (QED) is 0.869. The van der Waals surface area contributed by atoms with Gasteiger partial charge in [-0.1, -0.05) is 19.0 Å². The number of hydrogen-bond donors (Lipinski definition) is 2. The lowest BCUT2D eigenvalue weighted by atomic mass is 9.85. The van der Waals surface area contributed by atoms with Gasteiger partial charge in [-0.25, -0.2) is 0 Å². The molecule has 5 heteroatoms. The lowest BCUT2D eigenvalue weighted by Crippen LogP contribution is -2.34. The van der Waals surface area contributed by atoms with Crippen molar-refractivity contribution in [1.82, 2.24) is 10.5 Å². The molecule has 2 rings (SSSR count). The summed E-state index contributed by atoms with van der Waals surface area (Å²) in [5.41, 5.74) is 1.58. The Morgan fingerprint density at radius 1 is 1.60 bits per heavy atom. The maximum absolute atomic E-state index is 12.2. The molecule has 1 aromatic rings. The zero-order valence-electron chi connectivity index (χ0n) is 12.7. The minimum atomic E-state index is 0.0593. The molecule has 0 saturated carbocycles. The molecule has 1 amide bonds. The Morgan fingerprint density at radius 3 is 3.05 bits per heavy atom. The Labute approximate surface area is 120 Å². The van der Waals surface area contributed by atoms with Crippen molar-refractivity contribution < 1.29 is 9.32 Å². The minimum Gasteiger partial charge on any atom is -0.359 e. The van der Waals surface area contributed by atoms with Crippen LogP contribution in [0.4, 0.5) is 5.69 Å². The van der Waals surface area contributed by atoms with Crippen LogP contribution < -0.4 is 10.6 Å². The number of amides is 1. The fourth-order valence-corrected chi connectivity index (χ4v) is 2.83. The van der Waals surface area contributed by atoms with Gasteiger partial charge in [0.2, 0.25) is 5.91 Å². The molecule has 1 saturated heterocycles. The average molecular weight is 279 g/mol. The number of piperidine rings is 1. The first-order chi connectivity index (χ1) is 9.61. The summed E-state index contributed by atoms with van der Waals surface area (Å²) in [5, 5.41) is 10.3. The van der Waals surface area contributed by atoms with Crippen molar-refractivity contribution in [3.05, 3.63) is 11.5 Å². The van der Waals surface area contributed by atoms with Gasteiger partial charge in [-0.05, 0) is 51.1 Å². The second kappa shape index (κ2) is 6.88. The van der Waals surface area contributed by atoms with E-state index in [0.29, 0.717) is 24.0 Å². The maximum Gasteiger partial charge on any atom is 0.224 e. The van der Waals surface area contributed by atoms with Crippen LogP contribution in [0.15, 0.2) is 4.52 Å². The van der Waals surface area contributed by atoms with Crippen LogP contribution in [0.3, 0.4) is 0 Å². The lowest BCUT2D eigenvalue weighted by Gasteiger charge is -2.28. The van der Waals surface area contributed by atoms with E-state index >= 15 is 0 Å². The van der Waals surface area contributed by atoms with E-state index in [1.54, 1.807) is 0 Å². The van der Waals surface area contributed by atoms with Gasteiger partial charge in [0.1, 0.15) is 11.4 Å². The number of nitrogens with one attached hydrogen (secondary N) is 2. The van der Waals surface area contributed by atoms with Crippen LogP contribution in [0, 0.1) is 18.8 Å². The van der Waals surface area contributed by atoms with Crippen LogP contribution in [0.25, 0.3) is 0 Å². The summed E-state index contributed by atoms with van der Waals surface area (Å²) in [6.45, 7) is 8.13. The number of aryl methyl sites for hydroxylation is 2.